The van der Waals surface area contributed by atoms with Gasteiger partial charge in [0.25, 0.3) is 0 Å². The van der Waals surface area contributed by atoms with Crippen LogP contribution in [0, 0.1) is 0 Å². The first kappa shape index (κ1) is 11.2. The Morgan fingerprint density at radius 3 is 1.08 bits per heavy atom. The van der Waals surface area contributed by atoms with Gasteiger partial charge in [0.05, 0.1) is 0 Å². The van der Waals surface area contributed by atoms with Crippen molar-refractivity contribution in [2.75, 3.05) is 0 Å². The Balaban J connectivity index is 0.000000605. The monoisotopic (exact) mass is 200 g/mol. The molecule has 2 aromatic rings. The van der Waals surface area contributed by atoms with E-state index in [1.165, 1.54) is 10.8 Å². The van der Waals surface area contributed by atoms with Crippen molar-refractivity contribution in [1.29, 1.82) is 0 Å². The quantitative estimate of drug-likeness (QED) is 0.585. The molecule has 12 heavy (non-hydrogen) atoms. The van der Waals surface area contributed by atoms with Crippen LogP contribution in [0.2, 0.25) is 0 Å². The van der Waals surface area contributed by atoms with Crippen LogP contribution in [0.5, 0.6) is 0 Å². The summed E-state index contributed by atoms with van der Waals surface area (Å²) in [6, 6.07) is 16.7. The molecule has 0 spiro atoms. The fraction of sp³-hybridized carbons (Fsp3) is 0. The van der Waals surface area contributed by atoms with Gasteiger partial charge in [-0.05, 0) is 10.8 Å². The third-order valence-electron chi connectivity index (χ3n) is 1.66. The summed E-state index contributed by atoms with van der Waals surface area (Å²) in [5.41, 5.74) is 0. The van der Waals surface area contributed by atoms with E-state index < -0.39 is 0 Å². The molecule has 2 aromatic carbocycles. The summed E-state index contributed by atoms with van der Waals surface area (Å²) in [7, 11) is 0. The van der Waals surface area contributed by atoms with Crippen LogP contribution < -0.4 is 0 Å². The maximum absolute atomic E-state index is 2.12. The SMILES string of the molecule is [Fe+2].[O-2].c1ccc2ccccc2c1. The Morgan fingerprint density at radius 1 is 0.583 bits per heavy atom. The second-order valence-corrected chi connectivity index (χ2v) is 2.35. The number of rotatable bonds is 0. The van der Waals surface area contributed by atoms with E-state index in [9.17, 15) is 0 Å². The molecule has 0 bridgehead atoms. The average molecular weight is 200 g/mol. The zero-order valence-electron chi connectivity index (χ0n) is 6.38. The maximum atomic E-state index is 2.12. The minimum atomic E-state index is 0. The van der Waals surface area contributed by atoms with Crippen LogP contribution in [0.15, 0.2) is 48.5 Å². The van der Waals surface area contributed by atoms with Crippen molar-refractivity contribution in [3.63, 3.8) is 0 Å². The number of hydrogen-bond donors (Lipinski definition) is 0. The van der Waals surface area contributed by atoms with Crippen molar-refractivity contribution in [3.05, 3.63) is 48.5 Å². The fourth-order valence-electron chi connectivity index (χ4n) is 1.13. The second kappa shape index (κ2) is 4.94. The second-order valence-electron chi connectivity index (χ2n) is 2.35. The topological polar surface area (TPSA) is 28.5 Å². The van der Waals surface area contributed by atoms with Gasteiger partial charge in [-0.15, -0.1) is 0 Å². The molecule has 0 unspecified atom stereocenters. The van der Waals surface area contributed by atoms with Crippen LogP contribution in [0.25, 0.3) is 10.8 Å². The summed E-state index contributed by atoms with van der Waals surface area (Å²) in [5.74, 6) is 0. The van der Waals surface area contributed by atoms with E-state index in [1.807, 2.05) is 0 Å². The molecule has 0 saturated carbocycles. The Kier molecular flexibility index (Phi) is 4.60. The average Bonchev–Trinajstić information content (AvgIpc) is 2.05. The molecule has 0 aliphatic heterocycles. The predicted molar refractivity (Wildman–Crippen MR) is 44.6 cm³/mol. The van der Waals surface area contributed by atoms with Gasteiger partial charge >= 0.3 is 17.1 Å². The summed E-state index contributed by atoms with van der Waals surface area (Å²) in [6.45, 7) is 0. The van der Waals surface area contributed by atoms with Gasteiger partial charge < -0.3 is 5.48 Å². The first-order valence-electron chi connectivity index (χ1n) is 3.40. The van der Waals surface area contributed by atoms with E-state index in [0.29, 0.717) is 0 Å². The van der Waals surface area contributed by atoms with Gasteiger partial charge in [-0.25, -0.2) is 0 Å². The van der Waals surface area contributed by atoms with Gasteiger partial charge in [-0.2, -0.15) is 0 Å². The molecular weight excluding hydrogens is 192 g/mol. The predicted octanol–water partition coefficient (Wildman–Crippen LogP) is 2.72. The van der Waals surface area contributed by atoms with Crippen molar-refractivity contribution < 1.29 is 22.5 Å². The standard InChI is InChI=1S/C10H8.Fe.O/c1-2-6-10-8-4-3-7-9(10)5-1;;/h1-8H;;/q;+2;-2. The molecule has 0 aliphatic carbocycles. The molecule has 2 rings (SSSR count). The first-order chi connectivity index (χ1) is 4.97. The van der Waals surface area contributed by atoms with Crippen molar-refractivity contribution in [2.45, 2.75) is 0 Å². The van der Waals surface area contributed by atoms with E-state index in [1.54, 1.807) is 0 Å². The van der Waals surface area contributed by atoms with Crippen molar-refractivity contribution in [1.82, 2.24) is 0 Å². The fourth-order valence-corrected chi connectivity index (χ4v) is 1.13. The van der Waals surface area contributed by atoms with Gasteiger partial charge in [-0.3, -0.25) is 0 Å². The molecule has 0 heterocycles. The molecule has 1 nitrogen and oxygen atoms in total. The Morgan fingerprint density at radius 2 is 0.833 bits per heavy atom. The molecule has 0 N–H and O–H groups in total. The molecule has 0 atom stereocenters. The van der Waals surface area contributed by atoms with Gasteiger partial charge in [0, 0.05) is 0 Å². The minimum absolute atomic E-state index is 0. The number of benzene rings is 2. The Hall–Kier alpha value is -0.821. The Bertz CT molecular complexity index is 281. The van der Waals surface area contributed by atoms with Crippen molar-refractivity contribution in [3.8, 4) is 0 Å². The smallest absolute Gasteiger partial charge is 2.00 e. The van der Waals surface area contributed by atoms with E-state index in [-0.39, 0.29) is 22.5 Å². The third kappa shape index (κ3) is 2.08. The van der Waals surface area contributed by atoms with E-state index >= 15 is 0 Å². The van der Waals surface area contributed by atoms with Gasteiger partial charge in [0.2, 0.25) is 0 Å². The van der Waals surface area contributed by atoms with Crippen LogP contribution in [0.4, 0.5) is 0 Å². The molecule has 2 heteroatoms. The van der Waals surface area contributed by atoms with E-state index in [2.05, 4.69) is 48.5 Å². The molecule has 0 amide bonds. The summed E-state index contributed by atoms with van der Waals surface area (Å²) in [6.07, 6.45) is 0. The molecular formula is C10H8FeO. The molecule has 0 fully saturated rings. The van der Waals surface area contributed by atoms with Crippen molar-refractivity contribution in [2.24, 2.45) is 0 Å². The largest absolute Gasteiger partial charge is 2.00 e. The molecule has 0 saturated heterocycles. The maximum Gasteiger partial charge on any atom is 2.00 e. The molecule has 0 aromatic heterocycles. The van der Waals surface area contributed by atoms with Crippen LogP contribution in [0.1, 0.15) is 0 Å². The normalized spacial score (nSPS) is 8.33. The third-order valence-corrected chi connectivity index (χ3v) is 1.66. The Labute approximate surface area is 82.2 Å². The minimum Gasteiger partial charge on any atom is -2.00 e. The molecule has 0 aliphatic rings. The van der Waals surface area contributed by atoms with Crippen LogP contribution in [-0.2, 0) is 22.5 Å². The van der Waals surface area contributed by atoms with Crippen LogP contribution >= 0.6 is 0 Å². The van der Waals surface area contributed by atoms with Crippen LogP contribution in [0.3, 0.4) is 0 Å². The summed E-state index contributed by atoms with van der Waals surface area (Å²) in [4.78, 5) is 0. The number of fused-ring (bicyclic) bond motifs is 1. The van der Waals surface area contributed by atoms with Gasteiger partial charge in [0.15, 0.2) is 0 Å². The van der Waals surface area contributed by atoms with E-state index in [0.717, 1.165) is 0 Å². The summed E-state index contributed by atoms with van der Waals surface area (Å²) < 4.78 is 0. The summed E-state index contributed by atoms with van der Waals surface area (Å²) >= 11 is 0. The zero-order chi connectivity index (χ0) is 6.81. The molecule has 0 radical (unpaired) electrons. The molecule has 62 valence electrons. The summed E-state index contributed by atoms with van der Waals surface area (Å²) in [5, 5.41) is 2.62. The van der Waals surface area contributed by atoms with Crippen LogP contribution in [-0.4, -0.2) is 0 Å². The first-order valence-corrected chi connectivity index (χ1v) is 3.40. The van der Waals surface area contributed by atoms with Gasteiger partial charge in [-0.1, -0.05) is 48.5 Å². The van der Waals surface area contributed by atoms with Crippen molar-refractivity contribution >= 4 is 10.8 Å². The zero-order valence-corrected chi connectivity index (χ0v) is 7.48. The van der Waals surface area contributed by atoms with Gasteiger partial charge in [0.1, 0.15) is 0 Å². The van der Waals surface area contributed by atoms with E-state index in [4.69, 9.17) is 0 Å². The number of hydrogen-bond acceptors (Lipinski definition) is 0.